The van der Waals surface area contributed by atoms with Gasteiger partial charge in [-0.05, 0) is 41.1 Å². The summed E-state index contributed by atoms with van der Waals surface area (Å²) >= 11 is 1.33. The van der Waals surface area contributed by atoms with Gasteiger partial charge in [0, 0.05) is 26.6 Å². The summed E-state index contributed by atoms with van der Waals surface area (Å²) in [6.45, 7) is 0.655. The van der Waals surface area contributed by atoms with E-state index in [1.165, 1.54) is 22.8 Å². The van der Waals surface area contributed by atoms with Crippen LogP contribution in [0.5, 0.6) is 5.75 Å². The van der Waals surface area contributed by atoms with Crippen LogP contribution >= 0.6 is 11.8 Å². The van der Waals surface area contributed by atoms with Gasteiger partial charge in [0.25, 0.3) is 0 Å². The fraction of sp³-hybridized carbons (Fsp3) is 0.290. The molecule has 3 aromatic rings. The highest BCUT2D eigenvalue weighted by Crippen LogP contribution is 2.32. The number of benzene rings is 3. The molecular formula is C31H36N8O4S. The molecule has 2 fully saturated rings. The Labute approximate surface area is 260 Å². The molecule has 3 aromatic carbocycles. The number of anilines is 1. The Bertz CT molecular complexity index is 1570. The molecule has 2 heterocycles. The summed E-state index contributed by atoms with van der Waals surface area (Å²) < 4.78 is 0. The number of nitrogens with zero attached hydrogens (tertiary/aromatic N) is 5. The Morgan fingerprint density at radius 3 is 2.55 bits per heavy atom. The van der Waals surface area contributed by atoms with Crippen molar-refractivity contribution in [3.05, 3.63) is 89.5 Å². The number of hydrogen-bond donors (Lipinski definition) is 4. The number of hydrogen-bond acceptors (Lipinski definition) is 8. The van der Waals surface area contributed by atoms with E-state index >= 15 is 0 Å². The number of thioether (sulfide) groups is 1. The maximum Gasteiger partial charge on any atom is 0.332 e. The second kappa shape index (κ2) is 13.3. The number of hydrazine groups is 1. The van der Waals surface area contributed by atoms with E-state index in [9.17, 15) is 19.5 Å². The van der Waals surface area contributed by atoms with Gasteiger partial charge in [0.2, 0.25) is 11.8 Å². The van der Waals surface area contributed by atoms with E-state index in [1.54, 1.807) is 34.0 Å². The number of phenols is 1. The van der Waals surface area contributed by atoms with Gasteiger partial charge in [-0.2, -0.15) is 5.01 Å². The van der Waals surface area contributed by atoms with E-state index in [0.29, 0.717) is 23.0 Å². The number of piperazine rings is 1. The summed E-state index contributed by atoms with van der Waals surface area (Å²) in [5, 5.41) is 16.3. The average molecular weight is 617 g/mol. The number of nitrogen functional groups attached to an aromatic ring is 1. The molecule has 0 spiro atoms. The van der Waals surface area contributed by atoms with Crippen molar-refractivity contribution in [3.8, 4) is 5.75 Å². The highest BCUT2D eigenvalue weighted by molar-refractivity contribution is 8.13. The molecule has 230 valence electrons. The molecule has 6 N–H and O–H groups in total. The first kappa shape index (κ1) is 30.7. The Balaban J connectivity index is 1.44. The lowest BCUT2D eigenvalue weighted by molar-refractivity contribution is -0.157. The molecule has 13 heteroatoms. The van der Waals surface area contributed by atoms with Crippen molar-refractivity contribution in [1.29, 1.82) is 0 Å². The Kier molecular flexibility index (Phi) is 9.26. The van der Waals surface area contributed by atoms with Crippen LogP contribution in [0.4, 0.5) is 16.2 Å². The minimum atomic E-state index is -0.858. The highest BCUT2D eigenvalue weighted by atomic mass is 32.2. The zero-order valence-corrected chi connectivity index (χ0v) is 25.4. The highest BCUT2D eigenvalue weighted by Gasteiger charge is 2.51. The van der Waals surface area contributed by atoms with E-state index in [2.05, 4.69) is 10.3 Å². The van der Waals surface area contributed by atoms with Crippen LogP contribution in [0.15, 0.2) is 77.8 Å². The van der Waals surface area contributed by atoms with Crippen LogP contribution in [0.3, 0.4) is 0 Å². The monoisotopic (exact) mass is 616 g/mol. The van der Waals surface area contributed by atoms with Crippen molar-refractivity contribution in [2.45, 2.75) is 31.7 Å². The van der Waals surface area contributed by atoms with Gasteiger partial charge in [0.15, 0.2) is 5.17 Å². The summed E-state index contributed by atoms with van der Waals surface area (Å²) in [6.07, 6.45) is 1.42. The van der Waals surface area contributed by atoms with Gasteiger partial charge in [-0.25, -0.2) is 9.79 Å². The van der Waals surface area contributed by atoms with Crippen molar-refractivity contribution >= 4 is 46.1 Å². The molecule has 0 unspecified atom stereocenters. The topological polar surface area (TPSA) is 161 Å². The molecule has 5 rings (SSSR count). The van der Waals surface area contributed by atoms with E-state index < -0.39 is 12.2 Å². The molecule has 2 aliphatic rings. The van der Waals surface area contributed by atoms with Crippen molar-refractivity contribution in [2.75, 3.05) is 32.1 Å². The van der Waals surface area contributed by atoms with Crippen LogP contribution < -0.4 is 16.8 Å². The fourth-order valence-corrected chi connectivity index (χ4v) is 5.72. The molecule has 0 bridgehead atoms. The molecule has 12 nitrogen and oxygen atoms in total. The van der Waals surface area contributed by atoms with Crippen molar-refractivity contribution in [1.82, 2.24) is 25.1 Å². The smallest absolute Gasteiger partial charge is 0.332 e. The number of carbonyl (C=O) groups is 3. The lowest BCUT2D eigenvalue weighted by atomic mass is 9.99. The molecule has 2 saturated heterocycles. The minimum absolute atomic E-state index is 0.0588. The van der Waals surface area contributed by atoms with Crippen molar-refractivity contribution in [3.63, 3.8) is 0 Å². The van der Waals surface area contributed by atoms with Crippen molar-refractivity contribution in [2.24, 2.45) is 10.7 Å². The lowest BCUT2D eigenvalue weighted by Gasteiger charge is -2.45. The van der Waals surface area contributed by atoms with Gasteiger partial charge >= 0.3 is 6.03 Å². The third kappa shape index (κ3) is 6.58. The number of amides is 4. The Hall–Kier alpha value is -4.75. The Morgan fingerprint density at radius 1 is 1.09 bits per heavy atom. The summed E-state index contributed by atoms with van der Waals surface area (Å²) in [4.78, 5) is 48.6. The molecule has 2 aliphatic heterocycles. The standard InChI is InChI=1S/C31H36N8O4S/c1-36(31(43)34-16-20-8-4-3-5-9-20)38-19-28(41)39-25(15-21-12-13-26(40)23(32)14-21)29(42)37(18-27(38)39)17-22-10-6-7-11-24(22)35-30(33)44-2/h3-14,25,27,40H,15-19,32H2,1-2H3,(H2,33,35)(H,34,43)/t25-,27+/m0/s1. The number of fused-ring (bicyclic) bond motifs is 1. The third-order valence-corrected chi connectivity index (χ3v) is 8.36. The van der Waals surface area contributed by atoms with Crippen LogP contribution in [0.25, 0.3) is 0 Å². The van der Waals surface area contributed by atoms with E-state index in [4.69, 9.17) is 11.5 Å². The number of amidine groups is 1. The van der Waals surface area contributed by atoms with Crippen molar-refractivity contribution < 1.29 is 19.5 Å². The van der Waals surface area contributed by atoms with Gasteiger partial charge in [-0.3, -0.25) is 14.6 Å². The summed E-state index contributed by atoms with van der Waals surface area (Å²) in [7, 11) is 1.61. The van der Waals surface area contributed by atoms with Crippen LogP contribution in [-0.4, -0.2) is 86.5 Å². The van der Waals surface area contributed by atoms with Crippen LogP contribution in [0, 0.1) is 0 Å². The van der Waals surface area contributed by atoms with Crippen LogP contribution in [-0.2, 0) is 29.1 Å². The van der Waals surface area contributed by atoms with Crippen LogP contribution in [0.1, 0.15) is 16.7 Å². The molecule has 0 saturated carbocycles. The zero-order valence-electron chi connectivity index (χ0n) is 24.6. The number of rotatable bonds is 8. The normalized spacial score (nSPS) is 18.8. The van der Waals surface area contributed by atoms with Crippen LogP contribution in [0.2, 0.25) is 0 Å². The number of aliphatic imine (C=N–C) groups is 1. The predicted molar refractivity (Wildman–Crippen MR) is 170 cm³/mol. The minimum Gasteiger partial charge on any atom is -0.506 e. The SMILES string of the molecule is CSC(N)=Nc1ccccc1CN1C[C@H]2N(C(=O)CN2N(C)C(=O)NCc2ccccc2)[C@@H](Cc2ccc(O)c(N)c2)C1=O. The summed E-state index contributed by atoms with van der Waals surface area (Å²) in [6, 6.07) is 20.5. The zero-order chi connectivity index (χ0) is 31.4. The number of nitrogens with one attached hydrogen (secondary N) is 1. The molecular weight excluding hydrogens is 580 g/mol. The second-order valence-corrected chi connectivity index (χ2v) is 11.5. The number of carbonyl (C=O) groups excluding carboxylic acids is 3. The van der Waals surface area contributed by atoms with Gasteiger partial charge < -0.3 is 31.7 Å². The first-order chi connectivity index (χ1) is 21.2. The van der Waals surface area contributed by atoms with E-state index in [1.807, 2.05) is 60.9 Å². The Morgan fingerprint density at radius 2 is 1.82 bits per heavy atom. The van der Waals surface area contributed by atoms with Gasteiger partial charge in [-0.1, -0.05) is 66.4 Å². The molecule has 0 aliphatic carbocycles. The average Bonchev–Trinajstić information content (AvgIpc) is 3.35. The first-order valence-electron chi connectivity index (χ1n) is 14.1. The molecule has 0 radical (unpaired) electrons. The first-order valence-corrected chi connectivity index (χ1v) is 15.3. The number of aromatic hydroxyl groups is 1. The number of nitrogens with two attached hydrogens (primary N) is 2. The molecule has 44 heavy (non-hydrogen) atoms. The fourth-order valence-electron chi connectivity index (χ4n) is 5.53. The molecule has 2 atom stereocenters. The van der Waals surface area contributed by atoms with E-state index in [0.717, 1.165) is 11.1 Å². The largest absolute Gasteiger partial charge is 0.506 e. The van der Waals surface area contributed by atoms with Gasteiger partial charge in [0.05, 0.1) is 24.5 Å². The van der Waals surface area contributed by atoms with Gasteiger partial charge in [-0.15, -0.1) is 0 Å². The maximum absolute atomic E-state index is 14.1. The maximum atomic E-state index is 14.1. The number of phenolic OH excluding ortho intramolecular Hbond substituents is 1. The second-order valence-electron chi connectivity index (χ2n) is 10.7. The van der Waals surface area contributed by atoms with Gasteiger partial charge in [0.1, 0.15) is 18.0 Å². The molecule has 4 amide bonds. The lowest BCUT2D eigenvalue weighted by Crippen LogP contribution is -2.65. The number of urea groups is 1. The quantitative estimate of drug-likeness (QED) is 0.130. The summed E-state index contributed by atoms with van der Waals surface area (Å²) in [5.41, 5.74) is 15.2. The number of para-hydroxylation sites is 1. The predicted octanol–water partition coefficient (Wildman–Crippen LogP) is 2.46. The summed E-state index contributed by atoms with van der Waals surface area (Å²) in [5.74, 6) is -0.562. The van der Waals surface area contributed by atoms with E-state index in [-0.39, 0.29) is 55.3 Å². The third-order valence-electron chi connectivity index (χ3n) is 7.85. The molecule has 0 aromatic heterocycles.